The molecule has 1 aromatic carbocycles. The van der Waals surface area contributed by atoms with Gasteiger partial charge in [0.1, 0.15) is 6.04 Å². The maximum Gasteiger partial charge on any atom is 0.253 e. The molecular weight excluding hydrogens is 326 g/mol. The van der Waals surface area contributed by atoms with Gasteiger partial charge in [0.2, 0.25) is 5.91 Å². The average Bonchev–Trinajstić information content (AvgIpc) is 2.63. The molecule has 6 nitrogen and oxygen atoms in total. The molecule has 7 heteroatoms. The zero-order chi connectivity index (χ0) is 17.1. The molecule has 2 fully saturated rings. The first-order valence-electron chi connectivity index (χ1n) is 8.22. The van der Waals surface area contributed by atoms with Crippen molar-refractivity contribution in [2.24, 2.45) is 0 Å². The average molecular weight is 349 g/mol. The summed E-state index contributed by atoms with van der Waals surface area (Å²) in [4.78, 5) is 31.8. The Kier molecular flexibility index (Phi) is 5.43. The van der Waals surface area contributed by atoms with Crippen molar-refractivity contribution in [2.75, 3.05) is 52.1 Å². The highest BCUT2D eigenvalue weighted by atomic mass is 32.2. The van der Waals surface area contributed by atoms with Crippen LogP contribution in [-0.4, -0.2) is 89.8 Å². The molecular formula is C17H23N3O3S. The first kappa shape index (κ1) is 17.3. The maximum absolute atomic E-state index is 12.7. The Labute approximate surface area is 146 Å². The van der Waals surface area contributed by atoms with E-state index in [1.807, 2.05) is 31.3 Å². The molecule has 0 aromatic heterocycles. The topological polar surface area (TPSA) is 64.1 Å². The molecule has 2 heterocycles. The van der Waals surface area contributed by atoms with Crippen LogP contribution in [0.25, 0.3) is 0 Å². The molecule has 1 aromatic rings. The van der Waals surface area contributed by atoms with Crippen LogP contribution in [-0.2, 0) is 4.79 Å². The Morgan fingerprint density at radius 2 is 1.92 bits per heavy atom. The number of carbonyl (C=O) groups is 2. The summed E-state index contributed by atoms with van der Waals surface area (Å²) in [6.07, 6.45) is 0. The van der Waals surface area contributed by atoms with Crippen molar-refractivity contribution in [3.05, 3.63) is 29.8 Å². The second-order valence-corrected chi connectivity index (χ2v) is 7.33. The number of benzene rings is 1. The fourth-order valence-electron chi connectivity index (χ4n) is 3.19. The van der Waals surface area contributed by atoms with Crippen molar-refractivity contribution in [1.82, 2.24) is 14.7 Å². The third kappa shape index (κ3) is 3.58. The lowest BCUT2D eigenvalue weighted by Crippen LogP contribution is -2.64. The summed E-state index contributed by atoms with van der Waals surface area (Å²) in [6.45, 7) is 3.65. The van der Waals surface area contributed by atoms with E-state index >= 15 is 0 Å². The number of thioether (sulfide) groups is 1. The number of fused-ring (bicyclic) bond motifs is 1. The lowest BCUT2D eigenvalue weighted by molar-refractivity contribution is -0.142. The second kappa shape index (κ2) is 7.55. The highest BCUT2D eigenvalue weighted by Gasteiger charge is 2.38. The number of carbonyl (C=O) groups excluding carboxylic acids is 2. The van der Waals surface area contributed by atoms with Gasteiger partial charge in [-0.3, -0.25) is 14.5 Å². The Balaban J connectivity index is 1.66. The molecule has 2 aliphatic rings. The Morgan fingerprint density at radius 1 is 1.21 bits per heavy atom. The van der Waals surface area contributed by atoms with Crippen molar-refractivity contribution in [1.29, 1.82) is 0 Å². The fraction of sp³-hybridized carbons (Fsp3) is 0.529. The molecule has 2 amide bonds. The zero-order valence-corrected chi connectivity index (χ0v) is 14.7. The van der Waals surface area contributed by atoms with Gasteiger partial charge in [-0.15, -0.1) is 11.8 Å². The van der Waals surface area contributed by atoms with E-state index in [2.05, 4.69) is 4.90 Å². The number of aliphatic hydroxyl groups excluding tert-OH is 1. The molecule has 0 spiro atoms. The molecule has 2 saturated heterocycles. The minimum Gasteiger partial charge on any atom is -0.396 e. The highest BCUT2D eigenvalue weighted by molar-refractivity contribution is 7.99. The number of rotatable bonds is 4. The van der Waals surface area contributed by atoms with E-state index < -0.39 is 0 Å². The fourth-order valence-corrected chi connectivity index (χ4v) is 3.85. The first-order valence-corrected chi connectivity index (χ1v) is 9.20. The summed E-state index contributed by atoms with van der Waals surface area (Å²) in [5.41, 5.74) is 0.647. The van der Waals surface area contributed by atoms with Crippen LogP contribution in [0.2, 0.25) is 0 Å². The van der Waals surface area contributed by atoms with Gasteiger partial charge in [-0.2, -0.15) is 0 Å². The van der Waals surface area contributed by atoms with Gasteiger partial charge in [0.15, 0.2) is 0 Å². The van der Waals surface area contributed by atoms with Crippen LogP contribution in [0.15, 0.2) is 29.2 Å². The molecule has 1 atom stereocenters. The Morgan fingerprint density at radius 3 is 2.62 bits per heavy atom. The van der Waals surface area contributed by atoms with E-state index in [9.17, 15) is 9.59 Å². The van der Waals surface area contributed by atoms with Crippen molar-refractivity contribution >= 4 is 23.6 Å². The largest absolute Gasteiger partial charge is 0.396 e. The van der Waals surface area contributed by atoms with Crippen LogP contribution in [0.4, 0.5) is 0 Å². The minimum atomic E-state index is -0.208. The second-order valence-electron chi connectivity index (χ2n) is 6.16. The van der Waals surface area contributed by atoms with Gasteiger partial charge in [-0.05, 0) is 24.3 Å². The van der Waals surface area contributed by atoms with E-state index in [0.717, 1.165) is 24.5 Å². The summed E-state index contributed by atoms with van der Waals surface area (Å²) in [5.74, 6) is 0.732. The van der Waals surface area contributed by atoms with Crippen molar-refractivity contribution in [3.8, 4) is 0 Å². The van der Waals surface area contributed by atoms with Crippen LogP contribution in [0.1, 0.15) is 10.4 Å². The minimum absolute atomic E-state index is 0.0191. The van der Waals surface area contributed by atoms with Crippen LogP contribution >= 0.6 is 11.8 Å². The SMILES string of the molecule is CN1CCN2CCN(C(=O)c3ccc(SCCO)cc3)C[C@@H]2C1=O. The van der Waals surface area contributed by atoms with Crippen LogP contribution in [0.3, 0.4) is 0 Å². The molecule has 3 rings (SSSR count). The van der Waals surface area contributed by atoms with Gasteiger partial charge in [0.05, 0.1) is 6.61 Å². The molecule has 0 bridgehead atoms. The normalized spacial score (nSPS) is 21.8. The predicted molar refractivity (Wildman–Crippen MR) is 93.2 cm³/mol. The van der Waals surface area contributed by atoms with Gasteiger partial charge in [0, 0.05) is 56.0 Å². The summed E-state index contributed by atoms with van der Waals surface area (Å²) in [6, 6.07) is 7.25. The van der Waals surface area contributed by atoms with E-state index in [0.29, 0.717) is 24.4 Å². The third-order valence-electron chi connectivity index (χ3n) is 4.62. The van der Waals surface area contributed by atoms with Gasteiger partial charge >= 0.3 is 0 Å². The lowest BCUT2D eigenvalue weighted by atomic mass is 10.1. The van der Waals surface area contributed by atoms with Crippen LogP contribution in [0.5, 0.6) is 0 Å². The molecule has 0 aliphatic carbocycles. The lowest BCUT2D eigenvalue weighted by Gasteiger charge is -2.45. The molecule has 130 valence electrons. The monoisotopic (exact) mass is 349 g/mol. The first-order chi connectivity index (χ1) is 11.6. The van der Waals surface area contributed by atoms with Gasteiger partial charge in [-0.25, -0.2) is 0 Å². The van der Waals surface area contributed by atoms with Gasteiger partial charge in [-0.1, -0.05) is 0 Å². The van der Waals surface area contributed by atoms with E-state index in [4.69, 9.17) is 5.11 Å². The maximum atomic E-state index is 12.7. The van der Waals surface area contributed by atoms with Crippen LogP contribution < -0.4 is 0 Å². The number of piperazine rings is 2. The Hall–Kier alpha value is -1.57. The predicted octanol–water partition coefficient (Wildman–Crippen LogP) is 0.369. The molecule has 1 N–H and O–H groups in total. The summed E-state index contributed by atoms with van der Waals surface area (Å²) >= 11 is 1.56. The number of hydrogen-bond donors (Lipinski definition) is 1. The quantitative estimate of drug-likeness (QED) is 0.796. The number of likely N-dealkylation sites (N-methyl/N-ethyl adjacent to an activating group) is 1. The molecule has 0 radical (unpaired) electrons. The van der Waals surface area contributed by atoms with Crippen LogP contribution in [0, 0.1) is 0 Å². The molecule has 24 heavy (non-hydrogen) atoms. The zero-order valence-electron chi connectivity index (χ0n) is 13.9. The number of hydrogen-bond acceptors (Lipinski definition) is 5. The summed E-state index contributed by atoms with van der Waals surface area (Å²) in [5, 5.41) is 8.86. The van der Waals surface area contributed by atoms with Crippen molar-refractivity contribution < 1.29 is 14.7 Å². The molecule has 2 aliphatic heterocycles. The number of aliphatic hydroxyl groups is 1. The molecule has 0 saturated carbocycles. The van der Waals surface area contributed by atoms with E-state index in [-0.39, 0.29) is 24.5 Å². The van der Waals surface area contributed by atoms with Crippen molar-refractivity contribution in [2.45, 2.75) is 10.9 Å². The summed E-state index contributed by atoms with van der Waals surface area (Å²) < 4.78 is 0. The number of nitrogens with zero attached hydrogens (tertiary/aromatic N) is 3. The van der Waals surface area contributed by atoms with E-state index in [1.165, 1.54) is 0 Å². The Bertz CT molecular complexity index is 608. The van der Waals surface area contributed by atoms with Gasteiger partial charge in [0.25, 0.3) is 5.91 Å². The highest BCUT2D eigenvalue weighted by Crippen LogP contribution is 2.21. The molecule has 0 unspecified atom stereocenters. The smallest absolute Gasteiger partial charge is 0.253 e. The standard InChI is InChI=1S/C17H23N3O3S/c1-18-6-7-19-8-9-20(12-15(19)17(18)23)16(22)13-2-4-14(5-3-13)24-11-10-21/h2-5,15,21H,6-12H2,1H3/t15-/m1/s1. The third-order valence-corrected chi connectivity index (χ3v) is 5.62. The van der Waals surface area contributed by atoms with Crippen molar-refractivity contribution in [3.63, 3.8) is 0 Å². The van der Waals surface area contributed by atoms with Gasteiger partial charge < -0.3 is 14.9 Å². The number of amides is 2. The van der Waals surface area contributed by atoms with E-state index in [1.54, 1.807) is 21.6 Å². The summed E-state index contributed by atoms with van der Waals surface area (Å²) in [7, 11) is 1.82.